The number of anilines is 1. The fourth-order valence-corrected chi connectivity index (χ4v) is 6.29. The van der Waals surface area contributed by atoms with Crippen molar-refractivity contribution >= 4 is 34.4 Å². The van der Waals surface area contributed by atoms with Crippen molar-refractivity contribution in [2.75, 3.05) is 24.3 Å². The maximum Gasteiger partial charge on any atom is 0.310 e. The van der Waals surface area contributed by atoms with Crippen LogP contribution in [0.1, 0.15) is 73.0 Å². The van der Waals surface area contributed by atoms with Crippen molar-refractivity contribution in [1.29, 1.82) is 0 Å². The molecule has 5 rings (SSSR count). The Bertz CT molecular complexity index is 1650. The number of fused-ring (bicyclic) bond motifs is 2. The Morgan fingerprint density at radius 3 is 2.73 bits per heavy atom. The third-order valence-electron chi connectivity index (χ3n) is 8.90. The van der Waals surface area contributed by atoms with Gasteiger partial charge in [0, 0.05) is 45.0 Å². The van der Waals surface area contributed by atoms with E-state index in [4.69, 9.17) is 21.3 Å². The topological polar surface area (TPSA) is 105 Å². The van der Waals surface area contributed by atoms with Gasteiger partial charge in [-0.3, -0.25) is 9.69 Å². The number of aromatic nitrogens is 4. The average Bonchev–Trinajstić information content (AvgIpc) is 3.27. The lowest BCUT2D eigenvalue weighted by Crippen LogP contribution is -2.33. The van der Waals surface area contributed by atoms with E-state index in [9.17, 15) is 9.90 Å². The number of hydrogen-bond acceptors (Lipinski definition) is 7. The third kappa shape index (κ3) is 6.40. The molecule has 0 amide bonds. The Kier molecular flexibility index (Phi) is 9.46. The summed E-state index contributed by atoms with van der Waals surface area (Å²) in [6.45, 7) is 12.7. The van der Waals surface area contributed by atoms with Crippen molar-refractivity contribution in [3.8, 4) is 5.75 Å². The van der Waals surface area contributed by atoms with Gasteiger partial charge in [0.2, 0.25) is 0 Å². The molecule has 3 heterocycles. The number of rotatable bonds is 11. The SMILES string of the molecule is CC[C@@H]1CN(Cc2cc(C(c3ccc4c(nnn4C)c3C)C(C)(C)C(=O)O)ccc2C)Cc2nc(NCCCCl)ccc2O1. The molecule has 1 unspecified atom stereocenters. The predicted molar refractivity (Wildman–Crippen MR) is 175 cm³/mol. The van der Waals surface area contributed by atoms with Crippen LogP contribution in [0.15, 0.2) is 42.5 Å². The smallest absolute Gasteiger partial charge is 0.310 e. The summed E-state index contributed by atoms with van der Waals surface area (Å²) in [6.07, 6.45) is 1.78. The zero-order valence-corrected chi connectivity index (χ0v) is 27.3. The summed E-state index contributed by atoms with van der Waals surface area (Å²) in [5.41, 5.74) is 6.71. The number of halogens is 1. The van der Waals surface area contributed by atoms with Crippen LogP contribution < -0.4 is 10.1 Å². The summed E-state index contributed by atoms with van der Waals surface area (Å²) < 4.78 is 8.14. The van der Waals surface area contributed by atoms with Gasteiger partial charge in [-0.2, -0.15) is 0 Å². The van der Waals surface area contributed by atoms with E-state index in [0.717, 1.165) is 82.0 Å². The number of ether oxygens (including phenoxy) is 1. The van der Waals surface area contributed by atoms with Gasteiger partial charge in [0.1, 0.15) is 23.2 Å². The number of aliphatic carboxylic acids is 1. The second-order valence-electron chi connectivity index (χ2n) is 12.4. The Balaban J connectivity index is 1.51. The van der Waals surface area contributed by atoms with E-state index in [2.05, 4.69) is 52.6 Å². The summed E-state index contributed by atoms with van der Waals surface area (Å²) in [4.78, 5) is 20.0. The van der Waals surface area contributed by atoms with E-state index in [1.54, 1.807) is 18.5 Å². The fraction of sp³-hybridized carbons (Fsp3) is 0.471. The number of nitrogens with zero attached hydrogens (tertiary/aromatic N) is 5. The van der Waals surface area contributed by atoms with Crippen LogP contribution in [-0.2, 0) is 24.9 Å². The molecule has 1 aliphatic heterocycles. The molecule has 44 heavy (non-hydrogen) atoms. The maximum atomic E-state index is 12.7. The van der Waals surface area contributed by atoms with Gasteiger partial charge in [-0.15, -0.1) is 16.7 Å². The van der Waals surface area contributed by atoms with Gasteiger partial charge in [-0.05, 0) is 86.6 Å². The molecule has 234 valence electrons. The summed E-state index contributed by atoms with van der Waals surface area (Å²) in [6, 6.07) is 14.4. The van der Waals surface area contributed by atoms with Gasteiger partial charge in [0.15, 0.2) is 0 Å². The van der Waals surface area contributed by atoms with Crippen LogP contribution in [0.4, 0.5) is 5.82 Å². The van der Waals surface area contributed by atoms with Crippen molar-refractivity contribution in [2.45, 2.75) is 72.6 Å². The molecule has 0 bridgehead atoms. The van der Waals surface area contributed by atoms with Crippen molar-refractivity contribution in [3.05, 3.63) is 76.0 Å². The Morgan fingerprint density at radius 1 is 1.20 bits per heavy atom. The van der Waals surface area contributed by atoms with Gasteiger partial charge in [-0.25, -0.2) is 9.67 Å². The monoisotopic (exact) mass is 618 g/mol. The highest BCUT2D eigenvalue weighted by atomic mass is 35.5. The molecule has 0 saturated carbocycles. The van der Waals surface area contributed by atoms with E-state index < -0.39 is 17.3 Å². The molecule has 0 spiro atoms. The van der Waals surface area contributed by atoms with Gasteiger partial charge in [-0.1, -0.05) is 36.4 Å². The normalized spacial score (nSPS) is 16.3. The number of benzene rings is 2. The first kappa shape index (κ1) is 31.7. The number of carboxylic acid groups (broad SMARTS) is 1. The first-order valence-corrected chi connectivity index (χ1v) is 15.9. The Morgan fingerprint density at radius 2 is 2.00 bits per heavy atom. The largest absolute Gasteiger partial charge is 0.487 e. The zero-order chi connectivity index (χ0) is 31.6. The van der Waals surface area contributed by atoms with Gasteiger partial charge in [0.25, 0.3) is 0 Å². The van der Waals surface area contributed by atoms with Crippen LogP contribution in [0, 0.1) is 19.3 Å². The number of hydrogen-bond donors (Lipinski definition) is 2. The first-order valence-electron chi connectivity index (χ1n) is 15.3. The second-order valence-corrected chi connectivity index (χ2v) is 12.8. The summed E-state index contributed by atoms with van der Waals surface area (Å²) in [5, 5.41) is 22.4. The molecular weight excluding hydrogens is 576 g/mol. The molecule has 0 radical (unpaired) electrons. The molecular formula is C34H43ClN6O3. The van der Waals surface area contributed by atoms with Crippen molar-refractivity contribution in [2.24, 2.45) is 12.5 Å². The summed E-state index contributed by atoms with van der Waals surface area (Å²) in [7, 11) is 1.86. The standard InChI is InChI=1S/C34H43ClN6O3/c1-7-25-19-41(20-27-29(44-25)13-14-30(37-27)36-16-8-15-35)18-24-17-23(10-9-21(24)2)31(34(4,5)33(42)43)26-11-12-28-32(22(26)3)38-39-40(28)6/h9-14,17,25,31H,7-8,15-16,18-20H2,1-6H3,(H,36,37)(H,42,43)/t25-,31?/m1/s1. The van der Waals surface area contributed by atoms with Crippen molar-refractivity contribution in [3.63, 3.8) is 0 Å². The van der Waals surface area contributed by atoms with E-state index in [0.29, 0.717) is 19.0 Å². The lowest BCUT2D eigenvalue weighted by molar-refractivity contribution is -0.147. The molecule has 2 atom stereocenters. The molecule has 4 aromatic rings. The highest BCUT2D eigenvalue weighted by Gasteiger charge is 2.40. The van der Waals surface area contributed by atoms with Gasteiger partial charge < -0.3 is 15.2 Å². The molecule has 0 saturated heterocycles. The van der Waals surface area contributed by atoms with Gasteiger partial charge in [0.05, 0.1) is 16.6 Å². The third-order valence-corrected chi connectivity index (χ3v) is 9.16. The van der Waals surface area contributed by atoms with Crippen LogP contribution in [0.5, 0.6) is 5.75 Å². The molecule has 2 N–H and O–H groups in total. The first-order chi connectivity index (χ1) is 21.0. The van der Waals surface area contributed by atoms with E-state index in [1.165, 1.54) is 0 Å². The Labute approximate surface area is 264 Å². The number of pyridine rings is 1. The minimum Gasteiger partial charge on any atom is -0.487 e. The summed E-state index contributed by atoms with van der Waals surface area (Å²) in [5.74, 6) is 0.998. The highest BCUT2D eigenvalue weighted by Crippen LogP contribution is 2.44. The zero-order valence-electron chi connectivity index (χ0n) is 26.5. The van der Waals surface area contributed by atoms with E-state index in [1.807, 2.05) is 38.2 Å². The van der Waals surface area contributed by atoms with Crippen LogP contribution in [0.2, 0.25) is 0 Å². The van der Waals surface area contributed by atoms with Crippen molar-refractivity contribution in [1.82, 2.24) is 24.9 Å². The molecule has 2 aromatic carbocycles. The minimum atomic E-state index is -1.08. The minimum absolute atomic E-state index is 0.0386. The van der Waals surface area contributed by atoms with Crippen molar-refractivity contribution < 1.29 is 14.6 Å². The van der Waals surface area contributed by atoms with Gasteiger partial charge >= 0.3 is 5.97 Å². The van der Waals surface area contributed by atoms with Crippen LogP contribution in [-0.4, -0.2) is 61.0 Å². The lowest BCUT2D eigenvalue weighted by Gasteiger charge is -2.33. The summed E-state index contributed by atoms with van der Waals surface area (Å²) >= 11 is 5.86. The van der Waals surface area contributed by atoms with Crippen LogP contribution >= 0.6 is 11.6 Å². The van der Waals surface area contributed by atoms with E-state index >= 15 is 0 Å². The Hall–Kier alpha value is -3.69. The number of alkyl halides is 1. The fourth-order valence-electron chi connectivity index (χ4n) is 6.16. The molecule has 9 nitrogen and oxygen atoms in total. The number of carbonyl (C=O) groups is 1. The van der Waals surface area contributed by atoms with Crippen LogP contribution in [0.3, 0.4) is 0 Å². The number of carboxylic acids is 1. The van der Waals surface area contributed by atoms with Crippen LogP contribution in [0.25, 0.3) is 11.0 Å². The molecule has 10 heteroatoms. The highest BCUT2D eigenvalue weighted by molar-refractivity contribution is 6.17. The lowest BCUT2D eigenvalue weighted by atomic mass is 9.69. The predicted octanol–water partition coefficient (Wildman–Crippen LogP) is 6.44. The molecule has 1 aliphatic rings. The average molecular weight is 619 g/mol. The second kappa shape index (κ2) is 13.1. The number of aryl methyl sites for hydroxylation is 3. The molecule has 2 aromatic heterocycles. The quantitative estimate of drug-likeness (QED) is 0.146. The number of nitrogens with one attached hydrogen (secondary N) is 1. The molecule has 0 aliphatic carbocycles. The maximum absolute atomic E-state index is 12.7. The van der Waals surface area contributed by atoms with E-state index in [-0.39, 0.29) is 6.10 Å². The molecule has 0 fully saturated rings.